The maximum absolute atomic E-state index is 13.7. The number of likely N-dealkylation sites (tertiary alicyclic amines) is 1. The van der Waals surface area contributed by atoms with Gasteiger partial charge in [-0.3, -0.25) is 4.99 Å². The zero-order chi connectivity index (χ0) is 20.4. The Morgan fingerprint density at radius 2 is 1.93 bits per heavy atom. The predicted octanol–water partition coefficient (Wildman–Crippen LogP) is 3.27. The van der Waals surface area contributed by atoms with Crippen LogP contribution >= 0.6 is 24.0 Å². The van der Waals surface area contributed by atoms with Gasteiger partial charge in [0.05, 0.1) is 19.3 Å². The number of guanidine groups is 1. The number of nitrogens with zero attached hydrogens (tertiary/aromatic N) is 2. The number of halogens is 2. The maximum atomic E-state index is 13.7. The summed E-state index contributed by atoms with van der Waals surface area (Å²) in [4.78, 5) is 6.74. The summed E-state index contributed by atoms with van der Waals surface area (Å²) in [6.07, 6.45) is 2.25. The molecule has 1 unspecified atom stereocenters. The molecule has 0 spiro atoms. The highest BCUT2D eigenvalue weighted by Crippen LogP contribution is 2.16. The Balaban J connectivity index is 0.00000420. The fourth-order valence-electron chi connectivity index (χ4n) is 3.15. The van der Waals surface area contributed by atoms with Gasteiger partial charge in [0.25, 0.3) is 0 Å². The van der Waals surface area contributed by atoms with Crippen molar-refractivity contribution < 1.29 is 13.9 Å². The summed E-state index contributed by atoms with van der Waals surface area (Å²) in [5.74, 6) is 0.682. The van der Waals surface area contributed by atoms with Gasteiger partial charge >= 0.3 is 0 Å². The van der Waals surface area contributed by atoms with E-state index in [1.54, 1.807) is 25.2 Å². The van der Waals surface area contributed by atoms with Crippen molar-refractivity contribution in [1.82, 2.24) is 15.5 Å². The largest absolute Gasteiger partial charge is 0.486 e. The summed E-state index contributed by atoms with van der Waals surface area (Å²) in [6, 6.07) is 6.85. The van der Waals surface area contributed by atoms with Crippen molar-refractivity contribution in [3.63, 3.8) is 0 Å². The molecule has 1 atom stereocenters. The summed E-state index contributed by atoms with van der Waals surface area (Å²) >= 11 is 0. The molecule has 6 nitrogen and oxygen atoms in total. The topological polar surface area (TPSA) is 58.1 Å². The molecule has 0 amide bonds. The van der Waals surface area contributed by atoms with E-state index in [0.29, 0.717) is 18.7 Å². The number of para-hydroxylation sites is 1. The Morgan fingerprint density at radius 1 is 1.24 bits per heavy atom. The molecule has 0 aliphatic carbocycles. The summed E-state index contributed by atoms with van der Waals surface area (Å²) in [5, 5.41) is 6.75. The van der Waals surface area contributed by atoms with Crippen molar-refractivity contribution in [3.05, 3.63) is 30.1 Å². The van der Waals surface area contributed by atoms with E-state index < -0.39 is 0 Å². The molecule has 0 aromatic heterocycles. The van der Waals surface area contributed by atoms with E-state index in [4.69, 9.17) is 9.47 Å². The number of piperidine rings is 1. The summed E-state index contributed by atoms with van der Waals surface area (Å²) in [5.41, 5.74) is 0. The number of rotatable bonds is 9. The van der Waals surface area contributed by atoms with Crippen molar-refractivity contribution in [2.45, 2.75) is 51.9 Å². The van der Waals surface area contributed by atoms with Crippen LogP contribution in [0.5, 0.6) is 5.75 Å². The minimum absolute atomic E-state index is 0. The molecule has 8 heteroatoms. The summed E-state index contributed by atoms with van der Waals surface area (Å²) in [6.45, 7) is 10.5. The monoisotopic (exact) mass is 522 g/mol. The number of hydrogen-bond donors (Lipinski definition) is 2. The van der Waals surface area contributed by atoms with Crippen LogP contribution in [-0.2, 0) is 4.74 Å². The van der Waals surface area contributed by atoms with Gasteiger partial charge in [-0.05, 0) is 45.7 Å². The molecule has 1 aliphatic heterocycles. The lowest BCUT2D eigenvalue weighted by atomic mass is 10.1. The van der Waals surface area contributed by atoms with E-state index >= 15 is 0 Å². The molecule has 1 aromatic carbocycles. The van der Waals surface area contributed by atoms with Crippen LogP contribution in [0.4, 0.5) is 4.39 Å². The van der Waals surface area contributed by atoms with E-state index in [2.05, 4.69) is 34.4 Å². The first kappa shape index (κ1) is 25.9. The molecule has 2 rings (SSSR count). The van der Waals surface area contributed by atoms with Gasteiger partial charge in [0.1, 0.15) is 6.10 Å². The zero-order valence-corrected chi connectivity index (χ0v) is 20.3. The van der Waals surface area contributed by atoms with E-state index in [0.717, 1.165) is 45.0 Å². The highest BCUT2D eigenvalue weighted by molar-refractivity contribution is 14.0. The molecule has 29 heavy (non-hydrogen) atoms. The fourth-order valence-corrected chi connectivity index (χ4v) is 3.15. The van der Waals surface area contributed by atoms with Crippen molar-refractivity contribution >= 4 is 29.9 Å². The Kier molecular flexibility index (Phi) is 12.5. The molecular formula is C21H36FIN4O2. The van der Waals surface area contributed by atoms with Gasteiger partial charge < -0.3 is 25.0 Å². The second-order valence-electron chi connectivity index (χ2n) is 7.49. The van der Waals surface area contributed by atoms with Crippen molar-refractivity contribution in [1.29, 1.82) is 0 Å². The van der Waals surface area contributed by atoms with Crippen LogP contribution in [0, 0.1) is 5.82 Å². The number of ether oxygens (including phenoxy) is 2. The Morgan fingerprint density at radius 3 is 2.55 bits per heavy atom. The van der Waals surface area contributed by atoms with Crippen LogP contribution in [0.3, 0.4) is 0 Å². The number of aliphatic imine (C=N–C) groups is 1. The van der Waals surface area contributed by atoms with Gasteiger partial charge in [0.15, 0.2) is 17.5 Å². The van der Waals surface area contributed by atoms with Gasteiger partial charge in [0.2, 0.25) is 0 Å². The molecule has 1 heterocycles. The van der Waals surface area contributed by atoms with E-state index in [-0.39, 0.29) is 41.6 Å². The van der Waals surface area contributed by atoms with Gasteiger partial charge in [-0.25, -0.2) is 4.39 Å². The third-order valence-electron chi connectivity index (χ3n) is 4.73. The van der Waals surface area contributed by atoms with Crippen LogP contribution in [0.15, 0.2) is 29.3 Å². The van der Waals surface area contributed by atoms with Crippen molar-refractivity contribution in [2.75, 3.05) is 39.8 Å². The normalized spacial score (nSPS) is 17.0. The molecular weight excluding hydrogens is 486 g/mol. The first-order valence-electron chi connectivity index (χ1n) is 10.2. The van der Waals surface area contributed by atoms with Crippen LogP contribution in [-0.4, -0.2) is 68.9 Å². The third kappa shape index (κ3) is 9.95. The highest BCUT2D eigenvalue weighted by Gasteiger charge is 2.20. The molecule has 2 N–H and O–H groups in total. The quantitative estimate of drug-likeness (QED) is 0.296. The second kappa shape index (κ2) is 14.0. The van der Waals surface area contributed by atoms with Crippen LogP contribution in [0.2, 0.25) is 0 Å². The lowest BCUT2D eigenvalue weighted by molar-refractivity contribution is 0.0532. The second-order valence-corrected chi connectivity index (χ2v) is 7.49. The predicted molar refractivity (Wildman–Crippen MR) is 127 cm³/mol. The van der Waals surface area contributed by atoms with Crippen LogP contribution in [0.1, 0.15) is 33.6 Å². The third-order valence-corrected chi connectivity index (χ3v) is 4.73. The van der Waals surface area contributed by atoms with Crippen LogP contribution in [0.25, 0.3) is 0 Å². The van der Waals surface area contributed by atoms with Gasteiger partial charge in [-0.2, -0.15) is 0 Å². The first-order chi connectivity index (χ1) is 13.5. The Bertz CT molecular complexity index is 610. The number of nitrogens with one attached hydrogen (secondary N) is 2. The van der Waals surface area contributed by atoms with Gasteiger partial charge in [-0.15, -0.1) is 24.0 Å². The highest BCUT2D eigenvalue weighted by atomic mass is 127. The SMILES string of the molecule is CN=C(NCC(C)Oc1ccccc1F)NC1CCN(CCOC(C)C)CC1.I. The molecule has 1 aliphatic rings. The minimum Gasteiger partial charge on any atom is -0.486 e. The van der Waals surface area contributed by atoms with Crippen molar-refractivity contribution in [2.24, 2.45) is 4.99 Å². The molecule has 1 aromatic rings. The minimum atomic E-state index is -0.345. The summed E-state index contributed by atoms with van der Waals surface area (Å²) in [7, 11) is 1.76. The maximum Gasteiger partial charge on any atom is 0.191 e. The van der Waals surface area contributed by atoms with E-state index in [1.807, 2.05) is 6.92 Å². The smallest absolute Gasteiger partial charge is 0.191 e. The molecule has 1 saturated heterocycles. The van der Waals surface area contributed by atoms with Gasteiger partial charge in [0, 0.05) is 32.7 Å². The standard InChI is InChI=1S/C21H35FN4O2.HI/c1-16(2)27-14-13-26-11-9-18(10-12-26)25-21(23-4)24-15-17(3)28-20-8-6-5-7-19(20)22;/h5-8,16-18H,9-15H2,1-4H3,(H2,23,24,25);1H. The average Bonchev–Trinajstić information content (AvgIpc) is 2.68. The Labute approximate surface area is 191 Å². The van der Waals surface area contributed by atoms with Gasteiger partial charge in [-0.1, -0.05) is 12.1 Å². The lowest BCUT2D eigenvalue weighted by Gasteiger charge is -2.33. The fraction of sp³-hybridized carbons (Fsp3) is 0.667. The Hall–Kier alpha value is -1.13. The summed E-state index contributed by atoms with van der Waals surface area (Å²) < 4.78 is 25.0. The van der Waals surface area contributed by atoms with E-state index in [9.17, 15) is 4.39 Å². The molecule has 1 fully saturated rings. The first-order valence-corrected chi connectivity index (χ1v) is 10.2. The number of benzene rings is 1. The molecule has 0 saturated carbocycles. The van der Waals surface area contributed by atoms with E-state index in [1.165, 1.54) is 6.07 Å². The molecule has 166 valence electrons. The molecule has 0 radical (unpaired) electrons. The zero-order valence-electron chi connectivity index (χ0n) is 18.0. The lowest BCUT2D eigenvalue weighted by Crippen LogP contribution is -2.50. The number of hydrogen-bond acceptors (Lipinski definition) is 4. The van der Waals surface area contributed by atoms with Crippen molar-refractivity contribution in [3.8, 4) is 5.75 Å². The molecule has 0 bridgehead atoms. The average molecular weight is 522 g/mol. The van der Waals surface area contributed by atoms with Crippen LogP contribution < -0.4 is 15.4 Å².